The number of rotatable bonds is 6. The first kappa shape index (κ1) is 17.9. The zero-order valence-corrected chi connectivity index (χ0v) is 15.3. The van der Waals surface area contributed by atoms with Crippen molar-refractivity contribution in [2.45, 2.75) is 24.5 Å². The van der Waals surface area contributed by atoms with Crippen LogP contribution in [0.2, 0.25) is 0 Å². The normalized spacial score (nSPS) is 10.5. The number of benzene rings is 2. The molecule has 0 radical (unpaired) electrons. The first-order valence-corrected chi connectivity index (χ1v) is 9.08. The fourth-order valence-electron chi connectivity index (χ4n) is 2.43. The molecular formula is C20H18N2O3S. The third kappa shape index (κ3) is 4.40. The maximum atomic E-state index is 12.7. The Bertz CT molecular complexity index is 949. The lowest BCUT2D eigenvalue weighted by Crippen LogP contribution is -2.13. The number of thioether (sulfide) groups is 1. The number of hydrogen-bond acceptors (Lipinski definition) is 5. The summed E-state index contributed by atoms with van der Waals surface area (Å²) in [6, 6.07) is 16.2. The fraction of sp³-hybridized carbons (Fsp3) is 0.150. The number of carbonyl (C=O) groups excluding carboxylic acids is 2. The first-order valence-electron chi connectivity index (χ1n) is 8.09. The molecule has 0 saturated carbocycles. The number of nitrogens with zero attached hydrogens (tertiary/aromatic N) is 1. The summed E-state index contributed by atoms with van der Waals surface area (Å²) in [5.74, 6) is 1.09. The lowest BCUT2D eigenvalue weighted by molar-refractivity contribution is 0.101. The summed E-state index contributed by atoms with van der Waals surface area (Å²) in [7, 11) is 0. The molecule has 1 N–H and O–H groups in total. The minimum absolute atomic E-state index is 0.0422. The van der Waals surface area contributed by atoms with Crippen molar-refractivity contribution in [1.29, 1.82) is 0 Å². The maximum Gasteiger partial charge on any atom is 0.256 e. The number of aromatic nitrogens is 1. The number of Topliss-reactive ketones (excluding diaryl/α,β-unsaturated/α-hetero) is 1. The van der Waals surface area contributed by atoms with Crippen LogP contribution in [-0.4, -0.2) is 16.8 Å². The molecular weight excluding hydrogens is 348 g/mol. The minimum Gasteiger partial charge on any atom is -0.360 e. The molecule has 0 fully saturated rings. The topological polar surface area (TPSA) is 72.2 Å². The second kappa shape index (κ2) is 8.01. The van der Waals surface area contributed by atoms with Gasteiger partial charge in [0.1, 0.15) is 5.76 Å². The molecule has 0 aliphatic rings. The number of carbonyl (C=O) groups is 2. The summed E-state index contributed by atoms with van der Waals surface area (Å²) in [6.07, 6.45) is 0. The van der Waals surface area contributed by atoms with Crippen molar-refractivity contribution in [1.82, 2.24) is 5.16 Å². The van der Waals surface area contributed by atoms with Gasteiger partial charge in [-0.2, -0.15) is 0 Å². The monoisotopic (exact) mass is 366 g/mol. The predicted molar refractivity (Wildman–Crippen MR) is 102 cm³/mol. The fourth-order valence-corrected chi connectivity index (χ4v) is 3.35. The Hall–Kier alpha value is -2.86. The van der Waals surface area contributed by atoms with E-state index >= 15 is 0 Å². The molecule has 1 aromatic heterocycles. The van der Waals surface area contributed by atoms with Crippen LogP contribution in [0.5, 0.6) is 0 Å². The van der Waals surface area contributed by atoms with Crippen molar-refractivity contribution in [3.63, 3.8) is 0 Å². The van der Waals surface area contributed by atoms with Crippen LogP contribution >= 0.6 is 11.8 Å². The van der Waals surface area contributed by atoms with E-state index in [0.717, 1.165) is 16.3 Å². The van der Waals surface area contributed by atoms with Gasteiger partial charge in [0, 0.05) is 22.2 Å². The summed E-state index contributed by atoms with van der Waals surface area (Å²) >= 11 is 1.51. The Morgan fingerprint density at radius 2 is 1.92 bits per heavy atom. The van der Waals surface area contributed by atoms with E-state index in [-0.39, 0.29) is 11.7 Å². The molecule has 0 spiro atoms. The van der Waals surface area contributed by atoms with Gasteiger partial charge in [-0.05, 0) is 38.1 Å². The predicted octanol–water partition coefficient (Wildman–Crippen LogP) is 4.73. The van der Waals surface area contributed by atoms with Crippen molar-refractivity contribution in [2.24, 2.45) is 0 Å². The molecule has 0 unspecified atom stereocenters. The molecule has 3 rings (SSSR count). The van der Waals surface area contributed by atoms with Crippen molar-refractivity contribution in [3.8, 4) is 0 Å². The smallest absolute Gasteiger partial charge is 0.256 e. The average molecular weight is 366 g/mol. The summed E-state index contributed by atoms with van der Waals surface area (Å²) < 4.78 is 5.21. The first-order chi connectivity index (χ1) is 12.5. The van der Waals surface area contributed by atoms with E-state index in [0.29, 0.717) is 22.6 Å². The van der Waals surface area contributed by atoms with Crippen molar-refractivity contribution in [3.05, 3.63) is 77.2 Å². The van der Waals surface area contributed by atoms with Gasteiger partial charge in [0.15, 0.2) is 5.78 Å². The highest BCUT2D eigenvalue weighted by molar-refractivity contribution is 7.98. The van der Waals surface area contributed by atoms with Crippen molar-refractivity contribution in [2.75, 3.05) is 5.32 Å². The molecule has 0 aliphatic heterocycles. The number of ketones is 1. The minimum atomic E-state index is -0.220. The lowest BCUT2D eigenvalue weighted by Gasteiger charge is -2.10. The Balaban J connectivity index is 1.75. The Morgan fingerprint density at radius 1 is 1.12 bits per heavy atom. The number of amides is 1. The molecule has 2 aromatic carbocycles. The molecule has 26 heavy (non-hydrogen) atoms. The van der Waals surface area contributed by atoms with Gasteiger partial charge < -0.3 is 9.84 Å². The number of hydrogen-bond donors (Lipinski definition) is 1. The Morgan fingerprint density at radius 3 is 2.65 bits per heavy atom. The highest BCUT2D eigenvalue weighted by Gasteiger charge is 2.13. The number of anilines is 1. The Labute approximate surface area is 155 Å². The third-order valence-corrected chi connectivity index (χ3v) is 4.80. The van der Waals surface area contributed by atoms with E-state index in [1.165, 1.54) is 18.7 Å². The Kier molecular flexibility index (Phi) is 5.53. The highest BCUT2D eigenvalue weighted by Crippen LogP contribution is 2.27. The lowest BCUT2D eigenvalue weighted by atomic mass is 10.1. The summed E-state index contributed by atoms with van der Waals surface area (Å²) in [4.78, 5) is 25.0. The molecule has 6 heteroatoms. The van der Waals surface area contributed by atoms with E-state index in [1.807, 2.05) is 31.2 Å². The molecule has 0 atom stereocenters. The van der Waals surface area contributed by atoms with Gasteiger partial charge in [0.2, 0.25) is 0 Å². The second-order valence-electron chi connectivity index (χ2n) is 5.81. The van der Waals surface area contributed by atoms with Gasteiger partial charge in [0.25, 0.3) is 5.91 Å². The van der Waals surface area contributed by atoms with E-state index < -0.39 is 0 Å². The molecule has 1 amide bonds. The quantitative estimate of drug-likeness (QED) is 0.504. The molecule has 5 nitrogen and oxygen atoms in total. The van der Waals surface area contributed by atoms with E-state index in [4.69, 9.17) is 4.52 Å². The van der Waals surface area contributed by atoms with E-state index in [2.05, 4.69) is 10.5 Å². The van der Waals surface area contributed by atoms with Crippen LogP contribution in [0.3, 0.4) is 0 Å². The van der Waals surface area contributed by atoms with Crippen LogP contribution in [0.1, 0.15) is 39.1 Å². The maximum absolute atomic E-state index is 12.7. The summed E-state index contributed by atoms with van der Waals surface area (Å²) in [5, 5.41) is 6.73. The average Bonchev–Trinajstić information content (AvgIpc) is 3.05. The summed E-state index contributed by atoms with van der Waals surface area (Å²) in [6.45, 7) is 3.37. The molecule has 0 saturated heterocycles. The third-order valence-electron chi connectivity index (χ3n) is 3.71. The van der Waals surface area contributed by atoms with E-state index in [9.17, 15) is 9.59 Å². The van der Waals surface area contributed by atoms with Gasteiger partial charge in [-0.3, -0.25) is 9.59 Å². The molecule has 3 aromatic rings. The standard InChI is InChI=1S/C20H18N2O3S/c1-13-10-17(25-22-13)12-26-19-9-4-3-8-18(19)20(24)21-16-7-5-6-15(11-16)14(2)23/h3-11H,12H2,1-2H3,(H,21,24). The number of nitrogens with one attached hydrogen (secondary N) is 1. The molecule has 0 bridgehead atoms. The largest absolute Gasteiger partial charge is 0.360 e. The van der Waals surface area contributed by atoms with Crippen molar-refractivity contribution < 1.29 is 14.1 Å². The van der Waals surface area contributed by atoms with Crippen LogP contribution in [0.4, 0.5) is 5.69 Å². The van der Waals surface area contributed by atoms with Crippen LogP contribution in [-0.2, 0) is 5.75 Å². The van der Waals surface area contributed by atoms with Crippen LogP contribution in [0.25, 0.3) is 0 Å². The van der Waals surface area contributed by atoms with Gasteiger partial charge in [-0.25, -0.2) is 0 Å². The SMILES string of the molecule is CC(=O)c1cccc(NC(=O)c2ccccc2SCc2cc(C)no2)c1. The van der Waals surface area contributed by atoms with Gasteiger partial charge in [0.05, 0.1) is 17.0 Å². The highest BCUT2D eigenvalue weighted by atomic mass is 32.2. The summed E-state index contributed by atoms with van der Waals surface area (Å²) in [5.41, 5.74) is 2.55. The van der Waals surface area contributed by atoms with Gasteiger partial charge >= 0.3 is 0 Å². The molecule has 1 heterocycles. The van der Waals surface area contributed by atoms with Crippen molar-refractivity contribution >= 4 is 29.1 Å². The number of aryl methyl sites for hydroxylation is 1. The molecule has 132 valence electrons. The zero-order chi connectivity index (χ0) is 18.5. The second-order valence-corrected chi connectivity index (χ2v) is 6.83. The van der Waals surface area contributed by atoms with E-state index in [1.54, 1.807) is 30.3 Å². The van der Waals surface area contributed by atoms with Gasteiger partial charge in [-0.1, -0.05) is 29.4 Å². The van der Waals surface area contributed by atoms with Crippen LogP contribution in [0.15, 0.2) is 64.0 Å². The zero-order valence-electron chi connectivity index (χ0n) is 14.5. The van der Waals surface area contributed by atoms with Gasteiger partial charge in [-0.15, -0.1) is 11.8 Å². The van der Waals surface area contributed by atoms with Crippen LogP contribution in [0, 0.1) is 6.92 Å². The van der Waals surface area contributed by atoms with Crippen LogP contribution < -0.4 is 5.32 Å². The molecule has 0 aliphatic carbocycles.